The molecular weight excluding hydrogens is 868 g/mol. The number of thiophene rings is 2. The molecule has 11 aromatic rings. The molecule has 6 heterocycles. The van der Waals surface area contributed by atoms with Crippen LogP contribution in [-0.4, -0.2) is 6.71 Å². The molecule has 0 amide bonds. The van der Waals surface area contributed by atoms with Gasteiger partial charge in [-0.1, -0.05) is 104 Å². The summed E-state index contributed by atoms with van der Waals surface area (Å²) in [4.78, 5) is 5.20. The highest BCUT2D eigenvalue weighted by Crippen LogP contribution is 2.52. The zero-order valence-corrected chi connectivity index (χ0v) is 41.3. The lowest BCUT2D eigenvalue weighted by Gasteiger charge is -2.42. The minimum absolute atomic E-state index is 0.0126. The number of benzene rings is 7. The highest BCUT2D eigenvalue weighted by atomic mass is 32.1. The molecule has 2 aliphatic rings. The molecule has 0 saturated carbocycles. The summed E-state index contributed by atoms with van der Waals surface area (Å²) in [5.41, 5.74) is 16.6. The van der Waals surface area contributed by atoms with E-state index in [0.717, 1.165) is 56.0 Å². The third-order valence-corrected chi connectivity index (χ3v) is 16.8. The van der Waals surface area contributed by atoms with E-state index in [9.17, 15) is 0 Å². The molecule has 13 rings (SSSR count). The van der Waals surface area contributed by atoms with E-state index in [1.165, 1.54) is 74.6 Å². The molecule has 4 aromatic heterocycles. The van der Waals surface area contributed by atoms with E-state index in [1.54, 1.807) is 0 Å². The molecule has 2 aliphatic heterocycles. The van der Waals surface area contributed by atoms with Crippen molar-refractivity contribution in [1.29, 1.82) is 0 Å². The molecule has 0 saturated heterocycles. The van der Waals surface area contributed by atoms with E-state index in [2.05, 4.69) is 199 Å². The molecule has 0 unspecified atom stereocenters. The van der Waals surface area contributed by atoms with Crippen LogP contribution in [0, 0.1) is 0 Å². The number of furan rings is 2. The molecule has 0 fully saturated rings. The lowest BCUT2D eigenvalue weighted by molar-refractivity contribution is 0.591. The van der Waals surface area contributed by atoms with Crippen LogP contribution in [0.15, 0.2) is 167 Å². The van der Waals surface area contributed by atoms with Crippen LogP contribution in [0.2, 0.25) is 0 Å². The number of hydrogen-bond acceptors (Lipinski definition) is 6. The first-order valence-electron chi connectivity index (χ1n) is 23.9. The van der Waals surface area contributed by atoms with Gasteiger partial charge in [-0.2, -0.15) is 0 Å². The van der Waals surface area contributed by atoms with Crippen LogP contribution in [-0.2, 0) is 10.8 Å². The first-order chi connectivity index (χ1) is 32.8. The van der Waals surface area contributed by atoms with Crippen LogP contribution >= 0.6 is 22.7 Å². The predicted octanol–water partition coefficient (Wildman–Crippen LogP) is 16.7. The van der Waals surface area contributed by atoms with Crippen LogP contribution in [0.3, 0.4) is 0 Å². The van der Waals surface area contributed by atoms with Gasteiger partial charge in [-0.25, -0.2) is 0 Å². The van der Waals surface area contributed by atoms with Gasteiger partial charge >= 0.3 is 0 Å². The molecule has 0 bridgehead atoms. The van der Waals surface area contributed by atoms with E-state index < -0.39 is 0 Å². The number of hydrogen-bond donors (Lipinski definition) is 0. The van der Waals surface area contributed by atoms with Gasteiger partial charge in [0.1, 0.15) is 22.7 Å². The monoisotopic (exact) mass is 918 g/mol. The average molecular weight is 919 g/mol. The van der Waals surface area contributed by atoms with Crippen molar-refractivity contribution in [3.63, 3.8) is 0 Å². The van der Waals surface area contributed by atoms with Crippen LogP contribution in [0.25, 0.3) is 64.8 Å². The van der Waals surface area contributed by atoms with Gasteiger partial charge in [-0.05, 0) is 148 Å². The van der Waals surface area contributed by atoms with Gasteiger partial charge in [0, 0.05) is 74.4 Å². The van der Waals surface area contributed by atoms with E-state index in [1.807, 2.05) is 46.9 Å². The Kier molecular flexibility index (Phi) is 9.04. The van der Waals surface area contributed by atoms with Crippen molar-refractivity contribution in [3.8, 4) is 22.6 Å². The van der Waals surface area contributed by atoms with Crippen molar-refractivity contribution < 1.29 is 8.83 Å². The Morgan fingerprint density at radius 2 is 0.912 bits per heavy atom. The maximum absolute atomic E-state index is 6.40. The van der Waals surface area contributed by atoms with Gasteiger partial charge in [0.05, 0.1) is 11.4 Å². The van der Waals surface area contributed by atoms with E-state index in [0.29, 0.717) is 0 Å². The zero-order valence-electron chi connectivity index (χ0n) is 39.7. The Hall–Kier alpha value is -6.80. The molecular formula is C61H51BN2O2S2. The fourth-order valence-electron chi connectivity index (χ4n) is 10.6. The van der Waals surface area contributed by atoms with E-state index in [-0.39, 0.29) is 23.5 Å². The van der Waals surface area contributed by atoms with Gasteiger partial charge in [-0.15, -0.1) is 22.7 Å². The molecule has 68 heavy (non-hydrogen) atoms. The van der Waals surface area contributed by atoms with E-state index in [4.69, 9.17) is 8.83 Å². The summed E-state index contributed by atoms with van der Waals surface area (Å²) in [5.74, 6) is 2.04. The fraction of sp³-hybridized carbons (Fsp3) is 0.180. The number of rotatable bonds is 5. The van der Waals surface area contributed by atoms with Crippen LogP contribution < -0.4 is 24.8 Å². The lowest BCUT2D eigenvalue weighted by Crippen LogP contribution is -2.59. The zero-order chi connectivity index (χ0) is 46.4. The number of anilines is 6. The highest BCUT2D eigenvalue weighted by Gasteiger charge is 2.47. The molecule has 0 N–H and O–H groups in total. The SMILES string of the molecule is CC(C)c1cc2c3c(c1)N(c1ccc(-c4cc5ccccc5o4)cc1)c1c(sc4ccc(C(C)(C)C)cc14)B3c1sc3ccc(C(C)(C)C)cc3c1N2c1ccc(-c2cc3ccccc3o2)cc1. The summed E-state index contributed by atoms with van der Waals surface area (Å²) in [6, 6.07) is 58.4. The molecule has 332 valence electrons. The van der Waals surface area contributed by atoms with Gasteiger partial charge in [-0.3, -0.25) is 0 Å². The maximum atomic E-state index is 6.40. The summed E-state index contributed by atoms with van der Waals surface area (Å²) in [6.45, 7) is 18.7. The first kappa shape index (κ1) is 41.4. The largest absolute Gasteiger partial charge is 0.456 e. The Bertz CT molecular complexity index is 3510. The highest BCUT2D eigenvalue weighted by molar-refractivity contribution is 7.40. The topological polar surface area (TPSA) is 32.8 Å². The van der Waals surface area contributed by atoms with Crippen molar-refractivity contribution in [2.75, 3.05) is 9.80 Å². The second-order valence-corrected chi connectivity index (χ2v) is 23.3. The summed E-state index contributed by atoms with van der Waals surface area (Å²) in [5, 5.41) is 4.84. The lowest BCUT2D eigenvalue weighted by atomic mass is 9.39. The smallest absolute Gasteiger partial charge is 0.277 e. The second kappa shape index (κ2) is 14.9. The van der Waals surface area contributed by atoms with Gasteiger partial charge in [0.25, 0.3) is 6.71 Å². The van der Waals surface area contributed by atoms with E-state index >= 15 is 0 Å². The van der Waals surface area contributed by atoms with Gasteiger partial charge < -0.3 is 18.6 Å². The van der Waals surface area contributed by atoms with Crippen molar-refractivity contribution in [3.05, 3.63) is 174 Å². The predicted molar refractivity (Wildman–Crippen MR) is 293 cm³/mol. The normalized spacial score (nSPS) is 13.6. The van der Waals surface area contributed by atoms with Gasteiger partial charge in [0.15, 0.2) is 0 Å². The van der Waals surface area contributed by atoms with Crippen molar-refractivity contribution in [2.45, 2.75) is 72.1 Å². The fourth-order valence-corrected chi connectivity index (χ4v) is 13.2. The number of para-hydroxylation sites is 2. The molecule has 0 radical (unpaired) electrons. The Morgan fingerprint density at radius 3 is 1.31 bits per heavy atom. The summed E-state index contributed by atoms with van der Waals surface area (Å²) < 4.78 is 18.2. The quantitative estimate of drug-likeness (QED) is 0.161. The van der Waals surface area contributed by atoms with Crippen LogP contribution in [0.5, 0.6) is 0 Å². The summed E-state index contributed by atoms with van der Waals surface area (Å²) in [7, 11) is 0. The molecule has 0 aliphatic carbocycles. The van der Waals surface area contributed by atoms with Crippen LogP contribution in [0.1, 0.15) is 78.0 Å². The number of nitrogens with zero attached hydrogens (tertiary/aromatic N) is 2. The molecule has 7 aromatic carbocycles. The summed E-state index contributed by atoms with van der Waals surface area (Å²) in [6.07, 6.45) is 0. The Balaban J connectivity index is 1.08. The van der Waals surface area contributed by atoms with Gasteiger partial charge in [0.2, 0.25) is 0 Å². The minimum Gasteiger partial charge on any atom is -0.456 e. The molecule has 0 atom stereocenters. The first-order valence-corrected chi connectivity index (χ1v) is 25.5. The van der Waals surface area contributed by atoms with Crippen molar-refractivity contribution >= 4 is 121 Å². The standard InChI is InChI=1S/C61H51BN2O2S2/c1-35(2)40-29-47-55-48(30-40)64(44-25-19-37(20-26-44)52-32-39-14-10-12-16-50(39)66-52)57-46-34-42(61(6,7)8)22-28-54(46)68-59(57)62(55)58-56(45-33-41(60(3,4)5)21-27-53(45)67-58)63(47)43-23-17-36(18-24-43)51-31-38-13-9-11-15-49(38)65-51/h9-35H,1-8H3. The van der Waals surface area contributed by atoms with Crippen molar-refractivity contribution in [1.82, 2.24) is 0 Å². The molecule has 7 heteroatoms. The third-order valence-electron chi connectivity index (χ3n) is 14.3. The third kappa shape index (κ3) is 6.39. The van der Waals surface area contributed by atoms with Crippen molar-refractivity contribution in [2.24, 2.45) is 0 Å². The minimum atomic E-state index is -0.0126. The van der Waals surface area contributed by atoms with Crippen LogP contribution in [0.4, 0.5) is 34.1 Å². The Morgan fingerprint density at radius 1 is 0.485 bits per heavy atom. The Labute approximate surface area is 406 Å². The maximum Gasteiger partial charge on any atom is 0.277 e. The molecule has 4 nitrogen and oxygen atoms in total. The number of fused-ring (bicyclic) bond motifs is 10. The summed E-state index contributed by atoms with van der Waals surface area (Å²) >= 11 is 3.94. The average Bonchev–Trinajstić information content (AvgIpc) is 4.13. The molecule has 0 spiro atoms. The second-order valence-electron chi connectivity index (χ2n) is 21.2.